The van der Waals surface area contributed by atoms with Crippen molar-refractivity contribution in [3.8, 4) is 57.5 Å². The van der Waals surface area contributed by atoms with Crippen LogP contribution in [0.4, 0.5) is 17.1 Å². The Kier molecular flexibility index (Phi) is 42.1. The summed E-state index contributed by atoms with van der Waals surface area (Å²) in [4.78, 5) is 89.0. The molecule has 0 aliphatic carbocycles. The maximum atomic E-state index is 11.7. The van der Waals surface area contributed by atoms with E-state index >= 15 is 0 Å². The maximum absolute atomic E-state index is 11.7. The van der Waals surface area contributed by atoms with Crippen LogP contribution in [0.25, 0.3) is 21.8 Å². The standard InChI is InChI=1S/C12H15NO6.C12H17NO4.C11H11ClN2O2.C11H12N2O3.C9H9NO6.CH3NO.CH3.Cl3OP.Pd/c1-4-18-11-6-8(12(14)19-5-2)9(13(15)16)7-10(11)17-3;1-4-16-11-6-8(12(14)17-5-2)9(13)7-10(11)15-3;1-3-16-10-4-7-8(5-9(10)15-2)13-6-14-11(7)12;1-3-16-10-4-7-8(5-9(10)15-2)12-6-13-11(7)14;1-15-7-3-5(9(11)12)6(10(13)14)4-8(7)16-2;2-1-3;;1-5(2,3)4;/h6-7H,4-5H2,1-3H3;6-7H,4-5,13H2,1-3H3;4-6H,3H2,1-2H3;4-6H,3H2,1-2H3,(H,12,13,14);3-4H,1-2H3,(H,11,12);1H,(H2,2,3);1H3;;/q;;;;;;-1;;. The van der Waals surface area contributed by atoms with Crippen LogP contribution >= 0.6 is 50.5 Å². The number of aromatic amines is 1. The molecule has 5 aromatic carbocycles. The number of nitrogens with one attached hydrogen (secondary N) is 1. The molecule has 7 aromatic rings. The molecule has 1 amide bonds. The number of hydrogen-bond acceptors (Lipinski definition) is 26. The molecule has 6 N–H and O–H groups in total. The van der Waals surface area contributed by atoms with Crippen LogP contribution in [0.5, 0.6) is 57.5 Å². The number of aromatic nitrogens is 4. The summed E-state index contributed by atoms with van der Waals surface area (Å²) in [6, 6.07) is 14.5. The molecule has 0 aliphatic rings. The quantitative estimate of drug-likeness (QED) is 0.00597. The molecule has 2 heterocycles. The number of ether oxygens (including phenoxy) is 12. The molecule has 0 unspecified atom stereocenters. The van der Waals surface area contributed by atoms with Gasteiger partial charge in [0.25, 0.3) is 16.9 Å². The number of aromatic carboxylic acids is 1. The number of carbonyl (C=O) groups is 4. The minimum absolute atomic E-state index is 0. The second-order valence-corrected chi connectivity index (χ2v) is 23.3. The van der Waals surface area contributed by atoms with E-state index in [0.717, 1.165) is 29.1 Å². The molecule has 0 fully saturated rings. The zero-order chi connectivity index (χ0) is 69.8. The number of fused-ring (bicyclic) bond motifs is 2. The molecule has 31 nitrogen and oxygen atoms in total. The number of H-pyrrole nitrogens is 1. The minimum atomic E-state index is -3.22. The number of nitrogen functional groups attached to an aromatic ring is 1. The number of carboxylic acids is 1. The molecule has 0 bridgehead atoms. The number of nitro benzene ring substituents is 2. The molecule has 2 aromatic heterocycles. The smallest absolute Gasteiger partial charge is 0.345 e. The van der Waals surface area contributed by atoms with E-state index in [4.69, 9.17) is 84.1 Å². The van der Waals surface area contributed by atoms with E-state index in [2.05, 4.69) is 59.4 Å². The van der Waals surface area contributed by atoms with Gasteiger partial charge < -0.3 is 85.8 Å². The first-order chi connectivity index (χ1) is 43.6. The number of rotatable bonds is 21. The van der Waals surface area contributed by atoms with Crippen molar-refractivity contribution in [1.82, 2.24) is 19.9 Å². The van der Waals surface area contributed by atoms with E-state index in [1.165, 1.54) is 53.2 Å². The summed E-state index contributed by atoms with van der Waals surface area (Å²) >= 11 is 19.8. The first-order valence-corrected chi connectivity index (χ1v) is 31.1. The number of primary amides is 1. The monoisotopic (exact) mass is 1510 g/mol. The number of anilines is 1. The number of hydrogen-bond donors (Lipinski definition) is 4. The third-order valence-corrected chi connectivity index (χ3v) is 11.0. The fourth-order valence-corrected chi connectivity index (χ4v) is 7.24. The van der Waals surface area contributed by atoms with Gasteiger partial charge in [0, 0.05) is 62.2 Å². The first kappa shape index (κ1) is 87.2. The van der Waals surface area contributed by atoms with Crippen molar-refractivity contribution < 1.29 is 116 Å². The fraction of sp³-hybridized carbons (Fsp3) is 0.316. The van der Waals surface area contributed by atoms with Crippen LogP contribution in [0.2, 0.25) is 5.15 Å². The summed E-state index contributed by atoms with van der Waals surface area (Å²) in [5.41, 5.74) is 10.1. The summed E-state index contributed by atoms with van der Waals surface area (Å²) < 4.78 is 70.9. The number of nitrogens with two attached hydrogens (primary N) is 2. The second-order valence-electron chi connectivity index (χ2n) is 16.3. The Morgan fingerprint density at radius 3 is 1.29 bits per heavy atom. The van der Waals surface area contributed by atoms with E-state index in [0.29, 0.717) is 89.3 Å². The van der Waals surface area contributed by atoms with Crippen molar-refractivity contribution in [1.29, 1.82) is 0 Å². The number of carbonyl (C=O) groups excluding carboxylic acids is 3. The third-order valence-electron chi connectivity index (χ3n) is 10.7. The van der Waals surface area contributed by atoms with Gasteiger partial charge in [0.15, 0.2) is 57.5 Å². The second kappa shape index (κ2) is 45.4. The van der Waals surface area contributed by atoms with Crippen LogP contribution in [0.1, 0.15) is 72.6 Å². The largest absolute Gasteiger partial charge is 0.493 e. The predicted octanol–water partition coefficient (Wildman–Crippen LogP) is 11.7. The van der Waals surface area contributed by atoms with Gasteiger partial charge in [-0.15, -0.1) is 0 Å². The molecule has 94 heavy (non-hydrogen) atoms. The zero-order valence-corrected chi connectivity index (χ0v) is 58.3. The normalized spacial score (nSPS) is 9.70. The van der Waals surface area contributed by atoms with Gasteiger partial charge in [-0.2, -0.15) is 0 Å². The number of nitro groups is 2. The fourth-order valence-electron chi connectivity index (χ4n) is 7.04. The molecule has 7 rings (SSSR count). The summed E-state index contributed by atoms with van der Waals surface area (Å²) in [5, 5.41) is 28.8. The van der Waals surface area contributed by atoms with Gasteiger partial charge in [-0.1, -0.05) is 11.6 Å². The van der Waals surface area contributed by atoms with Crippen LogP contribution in [-0.4, -0.2) is 142 Å². The van der Waals surface area contributed by atoms with Gasteiger partial charge >= 0.3 is 23.1 Å². The van der Waals surface area contributed by atoms with Crippen molar-refractivity contribution in [2.24, 2.45) is 5.73 Å². The Morgan fingerprint density at radius 1 is 0.564 bits per heavy atom. The van der Waals surface area contributed by atoms with Crippen molar-refractivity contribution in [2.75, 3.05) is 88.0 Å². The number of benzene rings is 5. The van der Waals surface area contributed by atoms with Gasteiger partial charge in [-0.3, -0.25) is 34.4 Å². The van der Waals surface area contributed by atoms with Crippen LogP contribution in [0, 0.1) is 27.7 Å². The predicted molar refractivity (Wildman–Crippen MR) is 349 cm³/mol. The Balaban J connectivity index is 0. The van der Waals surface area contributed by atoms with Crippen LogP contribution in [0.3, 0.4) is 0 Å². The molecular weight excluding hydrogens is 1440 g/mol. The summed E-state index contributed by atoms with van der Waals surface area (Å²) in [6.45, 7) is 13.1. The summed E-state index contributed by atoms with van der Waals surface area (Å²) in [5.74, 6) is 1.47. The van der Waals surface area contributed by atoms with E-state index in [-0.39, 0.29) is 86.2 Å². The van der Waals surface area contributed by atoms with Gasteiger partial charge in [0.1, 0.15) is 22.6 Å². The van der Waals surface area contributed by atoms with Gasteiger partial charge in [-0.05, 0) is 87.4 Å². The number of esters is 2. The van der Waals surface area contributed by atoms with Gasteiger partial charge in [-0.25, -0.2) is 29.3 Å². The number of amides is 1. The molecule has 0 aliphatic heterocycles. The molecule has 37 heteroatoms. The molecule has 520 valence electrons. The molecular formula is C57H70Cl4N8O23PPd-. The summed E-state index contributed by atoms with van der Waals surface area (Å²) in [7, 11) is 8.65. The van der Waals surface area contributed by atoms with E-state index in [9.17, 15) is 44.0 Å². The van der Waals surface area contributed by atoms with E-state index in [1.54, 1.807) is 65.3 Å². The Morgan fingerprint density at radius 2 is 0.894 bits per heavy atom. The van der Waals surface area contributed by atoms with Crippen molar-refractivity contribution >= 4 is 114 Å². The van der Waals surface area contributed by atoms with E-state index < -0.39 is 44.2 Å². The molecule has 0 saturated heterocycles. The van der Waals surface area contributed by atoms with Gasteiger partial charge in [0.05, 0.1) is 138 Å². The Hall–Kier alpha value is -8.89. The minimum Gasteiger partial charge on any atom is -0.493 e. The van der Waals surface area contributed by atoms with Crippen molar-refractivity contribution in [3.63, 3.8) is 0 Å². The first-order valence-electron chi connectivity index (χ1n) is 26.3. The average molecular weight is 1510 g/mol. The molecule has 0 atom stereocenters. The van der Waals surface area contributed by atoms with Crippen LogP contribution in [-0.2, 0) is 39.3 Å². The Bertz CT molecular complexity index is 3670. The number of halogens is 4. The SMILES string of the molecule is CCOC(=O)c1cc(OCC)c(OC)cc1N.CCOC(=O)c1cc(OCC)c(OC)cc1[N+](=O)[O-].CCOc1cc2c(=O)[nH]cnc2cc1OC.CCOc1cc2c(Cl)ncnc2cc1OC.COc1cc(C(=O)O)c([N+](=O)[O-])cc1OC.NC=O.O=P(Cl)(Cl)Cl.[CH3-].[Pd]. The summed E-state index contributed by atoms with van der Waals surface area (Å²) in [6.07, 6.45) is 3.04. The number of nitrogens with zero attached hydrogens (tertiary/aromatic N) is 5. The zero-order valence-electron chi connectivity index (χ0n) is 52.8. The topological polar surface area (TPSA) is 426 Å². The van der Waals surface area contributed by atoms with Crippen LogP contribution < -0.4 is 64.4 Å². The molecule has 0 saturated carbocycles. The van der Waals surface area contributed by atoms with Crippen molar-refractivity contribution in [2.45, 2.75) is 41.5 Å². The van der Waals surface area contributed by atoms with Crippen molar-refractivity contribution in [3.05, 3.63) is 133 Å². The van der Waals surface area contributed by atoms with Crippen LogP contribution in [0.15, 0.2) is 78.1 Å². The molecule has 0 radical (unpaired) electrons. The maximum Gasteiger partial charge on any atom is 0.345 e. The number of carboxylic acid groups (broad SMARTS) is 1. The Labute approximate surface area is 572 Å². The average Bonchev–Trinajstić information content (AvgIpc) is 0.853. The van der Waals surface area contributed by atoms with E-state index in [1.807, 2.05) is 20.8 Å². The molecule has 0 spiro atoms. The number of methoxy groups -OCH3 is 6. The van der Waals surface area contributed by atoms with Gasteiger partial charge in [0.2, 0.25) is 6.41 Å². The third kappa shape index (κ3) is 28.1.